The van der Waals surface area contributed by atoms with Crippen LogP contribution in [0.5, 0.6) is 0 Å². The number of nitrogens with zero attached hydrogens (tertiary/aromatic N) is 3. The van der Waals surface area contributed by atoms with Crippen LogP contribution in [0.4, 0.5) is 0 Å². The molecule has 5 heteroatoms. The maximum absolute atomic E-state index is 12.3. The molecule has 0 amide bonds. The number of pyridine rings is 1. The van der Waals surface area contributed by atoms with Crippen molar-refractivity contribution in [2.45, 2.75) is 13.5 Å². The number of hydrogen-bond donors (Lipinski definition) is 0. The summed E-state index contributed by atoms with van der Waals surface area (Å²) in [4.78, 5) is 16.5. The van der Waals surface area contributed by atoms with E-state index in [0.717, 1.165) is 5.69 Å². The molecule has 18 heavy (non-hydrogen) atoms. The van der Waals surface area contributed by atoms with Gasteiger partial charge >= 0.3 is 0 Å². The molecule has 0 N–H and O–H groups in total. The van der Waals surface area contributed by atoms with Gasteiger partial charge in [0.25, 0.3) is 0 Å². The third-order valence-electron chi connectivity index (χ3n) is 2.58. The van der Waals surface area contributed by atoms with Gasteiger partial charge < -0.3 is 4.74 Å². The number of methoxy groups -OCH3 is 1. The minimum Gasteiger partial charge on any atom is -0.383 e. The van der Waals surface area contributed by atoms with E-state index in [9.17, 15) is 4.79 Å². The monoisotopic (exact) mass is 245 g/mol. The van der Waals surface area contributed by atoms with Crippen LogP contribution in [0, 0.1) is 6.92 Å². The Morgan fingerprint density at radius 2 is 2.22 bits per heavy atom. The van der Waals surface area contributed by atoms with E-state index in [1.54, 1.807) is 30.1 Å². The molecule has 0 saturated heterocycles. The van der Waals surface area contributed by atoms with Gasteiger partial charge in [0.2, 0.25) is 5.78 Å². The fraction of sp³-hybridized carbons (Fsp3) is 0.308. The van der Waals surface area contributed by atoms with Crippen LogP contribution < -0.4 is 0 Å². The van der Waals surface area contributed by atoms with Gasteiger partial charge in [0.1, 0.15) is 11.4 Å². The van der Waals surface area contributed by atoms with Crippen molar-refractivity contribution in [3.05, 3.63) is 47.5 Å². The summed E-state index contributed by atoms with van der Waals surface area (Å²) < 4.78 is 6.62. The number of aromatic nitrogens is 3. The largest absolute Gasteiger partial charge is 0.383 e. The number of hydrogen-bond acceptors (Lipinski definition) is 4. The summed E-state index contributed by atoms with van der Waals surface area (Å²) in [5, 5.41) is 4.11. The summed E-state index contributed by atoms with van der Waals surface area (Å²) in [6.07, 6.45) is 1.61. The maximum Gasteiger partial charge on any atom is 0.229 e. The average molecular weight is 245 g/mol. The molecule has 0 aliphatic rings. The molecule has 0 spiro atoms. The smallest absolute Gasteiger partial charge is 0.229 e. The van der Waals surface area contributed by atoms with E-state index in [4.69, 9.17) is 4.74 Å². The van der Waals surface area contributed by atoms with Crippen LogP contribution >= 0.6 is 0 Å². The molecule has 0 unspecified atom stereocenters. The molecule has 0 saturated carbocycles. The summed E-state index contributed by atoms with van der Waals surface area (Å²) in [6, 6.07) is 7.09. The van der Waals surface area contributed by atoms with Crippen molar-refractivity contribution in [2.24, 2.45) is 0 Å². The summed E-state index contributed by atoms with van der Waals surface area (Å²) in [6.45, 7) is 2.93. The predicted octanol–water partition coefficient (Wildman–Crippen LogP) is 1.46. The Hall–Kier alpha value is -2.01. The van der Waals surface area contributed by atoms with Gasteiger partial charge in [-0.2, -0.15) is 5.10 Å². The second-order valence-electron chi connectivity index (χ2n) is 3.93. The molecule has 0 radical (unpaired) electrons. The lowest BCUT2D eigenvalue weighted by Crippen LogP contribution is -2.15. The standard InChI is InChI=1S/C13H15N3O2/c1-10-4-3-5-11(15-10)13(17)12-6-7-14-16(12)8-9-18-2/h3-7H,8-9H2,1-2H3. The Balaban J connectivity index is 2.26. The Morgan fingerprint density at radius 1 is 1.39 bits per heavy atom. The fourth-order valence-electron chi connectivity index (χ4n) is 1.68. The summed E-state index contributed by atoms with van der Waals surface area (Å²) in [7, 11) is 1.62. The van der Waals surface area contributed by atoms with Crippen LogP contribution in [-0.2, 0) is 11.3 Å². The normalized spacial score (nSPS) is 10.6. The molecule has 0 atom stereocenters. The molecule has 0 fully saturated rings. The first kappa shape index (κ1) is 12.4. The van der Waals surface area contributed by atoms with Gasteiger partial charge in [-0.15, -0.1) is 0 Å². The minimum absolute atomic E-state index is 0.118. The summed E-state index contributed by atoms with van der Waals surface area (Å²) in [5.41, 5.74) is 1.79. The molecule has 0 aromatic carbocycles. The van der Waals surface area contributed by atoms with Crippen LogP contribution in [-0.4, -0.2) is 34.3 Å². The van der Waals surface area contributed by atoms with Crippen molar-refractivity contribution in [2.75, 3.05) is 13.7 Å². The van der Waals surface area contributed by atoms with Crippen molar-refractivity contribution in [1.29, 1.82) is 0 Å². The van der Waals surface area contributed by atoms with Crippen LogP contribution in [0.3, 0.4) is 0 Å². The van der Waals surface area contributed by atoms with Crippen LogP contribution in [0.25, 0.3) is 0 Å². The van der Waals surface area contributed by atoms with E-state index in [1.807, 2.05) is 19.1 Å². The lowest BCUT2D eigenvalue weighted by Gasteiger charge is -2.06. The van der Waals surface area contributed by atoms with Crippen molar-refractivity contribution >= 4 is 5.78 Å². The third-order valence-corrected chi connectivity index (χ3v) is 2.58. The van der Waals surface area contributed by atoms with Crippen LogP contribution in [0.2, 0.25) is 0 Å². The van der Waals surface area contributed by atoms with Gasteiger partial charge in [0.05, 0.1) is 13.2 Å². The minimum atomic E-state index is -0.118. The average Bonchev–Trinajstić information content (AvgIpc) is 2.83. The van der Waals surface area contributed by atoms with Crippen LogP contribution in [0.1, 0.15) is 21.9 Å². The van der Waals surface area contributed by atoms with E-state index in [0.29, 0.717) is 24.5 Å². The quantitative estimate of drug-likeness (QED) is 0.748. The van der Waals surface area contributed by atoms with Gasteiger partial charge in [0.15, 0.2) is 0 Å². The second-order valence-corrected chi connectivity index (χ2v) is 3.93. The first-order valence-corrected chi connectivity index (χ1v) is 5.71. The third kappa shape index (κ3) is 2.62. The highest BCUT2D eigenvalue weighted by atomic mass is 16.5. The SMILES string of the molecule is COCCn1nccc1C(=O)c1cccc(C)n1. The van der Waals surface area contributed by atoms with Crippen molar-refractivity contribution in [1.82, 2.24) is 14.8 Å². The lowest BCUT2D eigenvalue weighted by atomic mass is 10.2. The van der Waals surface area contributed by atoms with Gasteiger partial charge in [-0.05, 0) is 25.1 Å². The Labute approximate surface area is 105 Å². The number of carbonyl (C=O) groups is 1. The highest BCUT2D eigenvalue weighted by molar-refractivity contribution is 6.06. The predicted molar refractivity (Wildman–Crippen MR) is 66.5 cm³/mol. The highest BCUT2D eigenvalue weighted by Crippen LogP contribution is 2.08. The van der Waals surface area contributed by atoms with E-state index in [2.05, 4.69) is 10.1 Å². The molecule has 2 aromatic heterocycles. The number of aryl methyl sites for hydroxylation is 1. The first-order chi connectivity index (χ1) is 8.72. The zero-order valence-electron chi connectivity index (χ0n) is 10.5. The molecule has 2 rings (SSSR count). The Bertz CT molecular complexity index is 549. The van der Waals surface area contributed by atoms with Gasteiger partial charge in [-0.25, -0.2) is 4.98 Å². The molecule has 0 bridgehead atoms. The second kappa shape index (κ2) is 5.55. The molecule has 0 aliphatic carbocycles. The zero-order valence-corrected chi connectivity index (χ0v) is 10.5. The van der Waals surface area contributed by atoms with Crippen molar-refractivity contribution < 1.29 is 9.53 Å². The number of rotatable bonds is 5. The van der Waals surface area contributed by atoms with E-state index < -0.39 is 0 Å². The fourth-order valence-corrected chi connectivity index (χ4v) is 1.68. The van der Waals surface area contributed by atoms with Gasteiger partial charge in [-0.3, -0.25) is 9.48 Å². The Morgan fingerprint density at radius 3 is 2.94 bits per heavy atom. The molecule has 2 heterocycles. The summed E-state index contributed by atoms with van der Waals surface area (Å²) >= 11 is 0. The Kier molecular flexibility index (Phi) is 3.84. The molecule has 94 valence electrons. The van der Waals surface area contributed by atoms with Gasteiger partial charge in [0, 0.05) is 19.0 Å². The number of carbonyl (C=O) groups excluding carboxylic acids is 1. The molecular weight excluding hydrogens is 230 g/mol. The molecule has 0 aliphatic heterocycles. The lowest BCUT2D eigenvalue weighted by molar-refractivity contribution is 0.102. The zero-order chi connectivity index (χ0) is 13.0. The van der Waals surface area contributed by atoms with E-state index in [1.165, 1.54) is 0 Å². The van der Waals surface area contributed by atoms with Gasteiger partial charge in [-0.1, -0.05) is 6.07 Å². The van der Waals surface area contributed by atoms with Crippen molar-refractivity contribution in [3.8, 4) is 0 Å². The molecule has 5 nitrogen and oxygen atoms in total. The van der Waals surface area contributed by atoms with E-state index >= 15 is 0 Å². The number of ether oxygens (including phenoxy) is 1. The summed E-state index contributed by atoms with van der Waals surface area (Å²) in [5.74, 6) is -0.118. The highest BCUT2D eigenvalue weighted by Gasteiger charge is 2.15. The topological polar surface area (TPSA) is 57.0 Å². The first-order valence-electron chi connectivity index (χ1n) is 5.71. The number of ketones is 1. The van der Waals surface area contributed by atoms with Crippen LogP contribution in [0.15, 0.2) is 30.5 Å². The molecule has 2 aromatic rings. The van der Waals surface area contributed by atoms with Crippen molar-refractivity contribution in [3.63, 3.8) is 0 Å². The maximum atomic E-state index is 12.3. The molecular formula is C13H15N3O2. The van der Waals surface area contributed by atoms with E-state index in [-0.39, 0.29) is 5.78 Å².